The summed E-state index contributed by atoms with van der Waals surface area (Å²) >= 11 is 7.30. The number of thioether (sulfide) groups is 1. The fraction of sp³-hybridized carbons (Fsp3) is 0.227. The van der Waals surface area contributed by atoms with Crippen molar-refractivity contribution in [3.8, 4) is 11.5 Å². The molecule has 0 fully saturated rings. The second kappa shape index (κ2) is 9.45. The number of anilines is 1. The molecule has 1 aliphatic rings. The highest BCUT2D eigenvalue weighted by Crippen LogP contribution is 2.36. The third kappa shape index (κ3) is 4.86. The van der Waals surface area contributed by atoms with Gasteiger partial charge in [0.25, 0.3) is 0 Å². The quantitative estimate of drug-likeness (QED) is 0.408. The van der Waals surface area contributed by atoms with Gasteiger partial charge in [-0.15, -0.1) is 16.8 Å². The zero-order valence-corrected chi connectivity index (χ0v) is 18.4. The molecule has 31 heavy (non-hydrogen) atoms. The van der Waals surface area contributed by atoms with Crippen molar-refractivity contribution in [3.05, 3.63) is 72.0 Å². The van der Waals surface area contributed by atoms with E-state index in [1.165, 1.54) is 11.8 Å². The average Bonchev–Trinajstić information content (AvgIpc) is 3.16. The number of amides is 1. The fourth-order valence-corrected chi connectivity index (χ4v) is 4.15. The van der Waals surface area contributed by atoms with Crippen molar-refractivity contribution in [2.75, 3.05) is 11.9 Å². The lowest BCUT2D eigenvalue weighted by atomic mass is 10.2. The summed E-state index contributed by atoms with van der Waals surface area (Å²) in [5, 5.41) is 12.2. The third-order valence-corrected chi connectivity index (χ3v) is 5.91. The van der Waals surface area contributed by atoms with E-state index in [2.05, 4.69) is 22.1 Å². The van der Waals surface area contributed by atoms with Crippen LogP contribution in [-0.4, -0.2) is 32.5 Å². The number of carbonyl (C=O) groups excluding carboxylic acids is 1. The topological polar surface area (TPSA) is 78.3 Å². The van der Waals surface area contributed by atoms with E-state index in [4.69, 9.17) is 21.1 Å². The van der Waals surface area contributed by atoms with Crippen LogP contribution in [-0.2, 0) is 11.3 Å². The van der Waals surface area contributed by atoms with E-state index in [1.807, 2.05) is 35.8 Å². The number of nitrogens with one attached hydrogen (secondary N) is 1. The van der Waals surface area contributed by atoms with Gasteiger partial charge in [-0.2, -0.15) is 0 Å². The third-order valence-electron chi connectivity index (χ3n) is 4.60. The van der Waals surface area contributed by atoms with Crippen LogP contribution in [0.1, 0.15) is 18.9 Å². The highest BCUT2D eigenvalue weighted by Gasteiger charge is 2.29. The van der Waals surface area contributed by atoms with Gasteiger partial charge < -0.3 is 14.8 Å². The average molecular weight is 457 g/mol. The SMILES string of the molecule is C=CCn1c(S[C@H](C)C(=O)Nc2cccc(Cl)c2)nnc1[C@H]1COc2ccccc2O1. The van der Waals surface area contributed by atoms with E-state index in [0.29, 0.717) is 46.3 Å². The minimum atomic E-state index is -0.413. The van der Waals surface area contributed by atoms with E-state index < -0.39 is 11.4 Å². The van der Waals surface area contributed by atoms with E-state index >= 15 is 0 Å². The molecule has 1 aromatic heterocycles. The Bertz CT molecular complexity index is 1100. The molecule has 1 aliphatic heterocycles. The molecule has 0 unspecified atom stereocenters. The molecule has 9 heteroatoms. The van der Waals surface area contributed by atoms with Gasteiger partial charge in [0.15, 0.2) is 28.6 Å². The summed E-state index contributed by atoms with van der Waals surface area (Å²) in [7, 11) is 0. The number of ether oxygens (including phenoxy) is 2. The fourth-order valence-electron chi connectivity index (χ4n) is 3.09. The second-order valence-corrected chi connectivity index (χ2v) is 8.61. The van der Waals surface area contributed by atoms with Gasteiger partial charge in [-0.05, 0) is 37.3 Å². The van der Waals surface area contributed by atoms with Gasteiger partial charge >= 0.3 is 0 Å². The first-order valence-corrected chi connectivity index (χ1v) is 11.0. The maximum Gasteiger partial charge on any atom is 0.237 e. The Labute approximate surface area is 189 Å². The number of hydrogen-bond acceptors (Lipinski definition) is 6. The number of allylic oxidation sites excluding steroid dienone is 1. The van der Waals surface area contributed by atoms with Gasteiger partial charge in [-0.3, -0.25) is 9.36 Å². The number of para-hydroxylation sites is 2. The highest BCUT2D eigenvalue weighted by molar-refractivity contribution is 8.00. The van der Waals surface area contributed by atoms with Gasteiger partial charge in [0.2, 0.25) is 5.91 Å². The Hall–Kier alpha value is -2.97. The summed E-state index contributed by atoms with van der Waals surface area (Å²) in [6, 6.07) is 14.5. The van der Waals surface area contributed by atoms with Gasteiger partial charge in [0, 0.05) is 17.3 Å². The molecule has 0 aliphatic carbocycles. The molecule has 2 atom stereocenters. The molecular weight excluding hydrogens is 436 g/mol. The van der Waals surface area contributed by atoms with E-state index in [9.17, 15) is 4.79 Å². The van der Waals surface area contributed by atoms with Gasteiger partial charge in [-0.25, -0.2) is 0 Å². The van der Waals surface area contributed by atoms with Crippen LogP contribution in [0.15, 0.2) is 66.3 Å². The molecule has 160 valence electrons. The van der Waals surface area contributed by atoms with Crippen LogP contribution in [0.4, 0.5) is 5.69 Å². The summed E-state index contributed by atoms with van der Waals surface area (Å²) < 4.78 is 13.8. The van der Waals surface area contributed by atoms with Crippen molar-refractivity contribution < 1.29 is 14.3 Å². The highest BCUT2D eigenvalue weighted by atomic mass is 35.5. The first-order valence-electron chi connectivity index (χ1n) is 9.70. The van der Waals surface area contributed by atoms with Crippen LogP contribution in [0.5, 0.6) is 11.5 Å². The lowest BCUT2D eigenvalue weighted by molar-refractivity contribution is -0.115. The molecule has 0 spiro atoms. The van der Waals surface area contributed by atoms with E-state index in [-0.39, 0.29) is 5.91 Å². The number of carbonyl (C=O) groups is 1. The molecule has 7 nitrogen and oxygen atoms in total. The first-order chi connectivity index (χ1) is 15.0. The van der Waals surface area contributed by atoms with Crippen LogP contribution in [0.3, 0.4) is 0 Å². The summed E-state index contributed by atoms with van der Waals surface area (Å²) in [6.07, 6.45) is 1.35. The normalized spacial score (nSPS) is 15.9. The summed E-state index contributed by atoms with van der Waals surface area (Å²) in [4.78, 5) is 12.6. The van der Waals surface area contributed by atoms with Crippen molar-refractivity contribution >= 4 is 35.0 Å². The van der Waals surface area contributed by atoms with E-state index in [1.54, 1.807) is 30.3 Å². The summed E-state index contributed by atoms with van der Waals surface area (Å²) in [5.74, 6) is 1.83. The monoisotopic (exact) mass is 456 g/mol. The molecule has 0 bridgehead atoms. The lowest BCUT2D eigenvalue weighted by Crippen LogP contribution is -2.25. The summed E-state index contributed by atoms with van der Waals surface area (Å²) in [6.45, 7) is 6.44. The van der Waals surface area contributed by atoms with Crippen molar-refractivity contribution in [2.45, 2.75) is 30.0 Å². The second-order valence-electron chi connectivity index (χ2n) is 6.86. The molecular formula is C22H21ClN4O3S. The minimum Gasteiger partial charge on any atom is -0.485 e. The van der Waals surface area contributed by atoms with Gasteiger partial charge in [-0.1, -0.05) is 47.6 Å². The van der Waals surface area contributed by atoms with Crippen molar-refractivity contribution in [3.63, 3.8) is 0 Å². The number of benzene rings is 2. The molecule has 1 N–H and O–H groups in total. The van der Waals surface area contributed by atoms with Crippen LogP contribution >= 0.6 is 23.4 Å². The number of halogens is 1. The van der Waals surface area contributed by atoms with Gasteiger partial charge in [0.05, 0.1) is 5.25 Å². The number of aromatic nitrogens is 3. The lowest BCUT2D eigenvalue weighted by Gasteiger charge is -2.26. The Morgan fingerprint density at radius 1 is 1.32 bits per heavy atom. The predicted molar refractivity (Wildman–Crippen MR) is 121 cm³/mol. The predicted octanol–water partition coefficient (Wildman–Crippen LogP) is 4.75. The number of rotatable bonds is 7. The maximum atomic E-state index is 12.6. The molecule has 2 heterocycles. The van der Waals surface area contributed by atoms with E-state index in [0.717, 1.165) is 0 Å². The Kier molecular flexibility index (Phi) is 6.48. The first kappa shape index (κ1) is 21.3. The minimum absolute atomic E-state index is 0.159. The zero-order chi connectivity index (χ0) is 21.8. The van der Waals surface area contributed by atoms with Crippen molar-refractivity contribution in [2.24, 2.45) is 0 Å². The van der Waals surface area contributed by atoms with Crippen LogP contribution in [0.25, 0.3) is 0 Å². The molecule has 2 aromatic carbocycles. The molecule has 0 radical (unpaired) electrons. The largest absolute Gasteiger partial charge is 0.485 e. The Balaban J connectivity index is 1.49. The smallest absolute Gasteiger partial charge is 0.237 e. The Morgan fingerprint density at radius 2 is 2.13 bits per heavy atom. The molecule has 4 rings (SSSR count). The number of fused-ring (bicyclic) bond motifs is 1. The Morgan fingerprint density at radius 3 is 2.90 bits per heavy atom. The van der Waals surface area contributed by atoms with Crippen LogP contribution < -0.4 is 14.8 Å². The molecule has 1 amide bonds. The van der Waals surface area contributed by atoms with Crippen molar-refractivity contribution in [1.29, 1.82) is 0 Å². The van der Waals surface area contributed by atoms with Crippen molar-refractivity contribution in [1.82, 2.24) is 14.8 Å². The zero-order valence-electron chi connectivity index (χ0n) is 16.8. The molecule has 0 saturated carbocycles. The summed E-state index contributed by atoms with van der Waals surface area (Å²) in [5.41, 5.74) is 0.643. The number of hydrogen-bond donors (Lipinski definition) is 1. The maximum absolute atomic E-state index is 12.6. The van der Waals surface area contributed by atoms with Gasteiger partial charge in [0.1, 0.15) is 6.61 Å². The molecule has 3 aromatic rings. The standard InChI is InChI=1S/C22H21ClN4O3S/c1-3-11-27-20(19-13-29-17-9-4-5-10-18(17)30-19)25-26-22(27)31-14(2)21(28)24-16-8-6-7-15(23)12-16/h3-10,12,14,19H,1,11,13H2,2H3,(H,24,28)/t14-,19-/m1/s1. The number of nitrogens with zero attached hydrogens (tertiary/aromatic N) is 3. The van der Waals surface area contributed by atoms with Crippen LogP contribution in [0.2, 0.25) is 5.02 Å². The van der Waals surface area contributed by atoms with Crippen LogP contribution in [0, 0.1) is 0 Å². The molecule has 0 saturated heterocycles.